The predicted octanol–water partition coefficient (Wildman–Crippen LogP) is 5.82. The molecule has 2 aromatic heterocycles. The van der Waals surface area contributed by atoms with Gasteiger partial charge in [-0.3, -0.25) is 4.79 Å². The lowest BCUT2D eigenvalue weighted by Crippen LogP contribution is -2.12. The van der Waals surface area contributed by atoms with E-state index in [-0.39, 0.29) is 11.7 Å². The first kappa shape index (κ1) is 17.0. The molecule has 4 aromatic rings. The van der Waals surface area contributed by atoms with Crippen molar-refractivity contribution in [3.8, 4) is 11.3 Å². The highest BCUT2D eigenvalue weighted by molar-refractivity contribution is 7.00. The van der Waals surface area contributed by atoms with Crippen molar-refractivity contribution in [1.29, 1.82) is 0 Å². The fourth-order valence-corrected chi connectivity index (χ4v) is 3.62. The molecule has 8 heteroatoms. The Labute approximate surface area is 162 Å². The Balaban J connectivity index is 1.64. The SMILES string of the molecule is Cc1ccc2nsnc2c1NC(=O)c1ccc(-c2ccc(Cl)cc2Cl)o1. The number of carbonyl (C=O) groups excluding carboxylic acids is 1. The molecule has 0 bridgehead atoms. The van der Waals surface area contributed by atoms with E-state index in [2.05, 4.69) is 14.1 Å². The van der Waals surface area contributed by atoms with Crippen molar-refractivity contribution in [3.63, 3.8) is 0 Å². The third kappa shape index (κ3) is 3.07. The lowest BCUT2D eigenvalue weighted by molar-refractivity contribution is 0.0997. The van der Waals surface area contributed by atoms with Gasteiger partial charge in [-0.2, -0.15) is 8.75 Å². The van der Waals surface area contributed by atoms with E-state index in [1.54, 1.807) is 30.3 Å². The molecule has 2 heterocycles. The summed E-state index contributed by atoms with van der Waals surface area (Å²) < 4.78 is 14.1. The number of nitrogens with zero attached hydrogens (tertiary/aromatic N) is 2. The molecule has 0 unspecified atom stereocenters. The second-order valence-electron chi connectivity index (χ2n) is 5.63. The number of amides is 1. The molecular weight excluding hydrogens is 393 g/mol. The number of furan rings is 1. The van der Waals surface area contributed by atoms with E-state index in [0.29, 0.717) is 32.6 Å². The summed E-state index contributed by atoms with van der Waals surface area (Å²) in [7, 11) is 0. The molecule has 2 aromatic carbocycles. The Kier molecular flexibility index (Phi) is 4.40. The highest BCUT2D eigenvalue weighted by Crippen LogP contribution is 2.32. The van der Waals surface area contributed by atoms with Gasteiger partial charge in [0.2, 0.25) is 0 Å². The smallest absolute Gasteiger partial charge is 0.291 e. The zero-order valence-electron chi connectivity index (χ0n) is 13.4. The normalized spacial score (nSPS) is 11.0. The van der Waals surface area contributed by atoms with Gasteiger partial charge in [0.1, 0.15) is 16.8 Å². The van der Waals surface area contributed by atoms with Crippen molar-refractivity contribution in [2.45, 2.75) is 6.92 Å². The van der Waals surface area contributed by atoms with Crippen molar-refractivity contribution >= 4 is 57.6 Å². The maximum Gasteiger partial charge on any atom is 0.291 e. The van der Waals surface area contributed by atoms with Gasteiger partial charge in [-0.15, -0.1) is 0 Å². The van der Waals surface area contributed by atoms with Crippen LogP contribution in [-0.2, 0) is 0 Å². The van der Waals surface area contributed by atoms with Gasteiger partial charge in [-0.05, 0) is 48.9 Å². The number of aromatic nitrogens is 2. The number of nitrogens with one attached hydrogen (secondary N) is 1. The molecule has 4 rings (SSSR count). The zero-order valence-corrected chi connectivity index (χ0v) is 15.7. The maximum atomic E-state index is 12.6. The standard InChI is InChI=1S/C18H11Cl2N3O2S/c1-9-2-5-13-17(23-26-22-13)16(9)21-18(24)15-7-6-14(25-15)11-4-3-10(19)8-12(11)20/h2-8H,1H3,(H,21,24). The number of carbonyl (C=O) groups is 1. The monoisotopic (exact) mass is 403 g/mol. The molecule has 0 aliphatic carbocycles. The fourth-order valence-electron chi connectivity index (χ4n) is 2.58. The van der Waals surface area contributed by atoms with E-state index in [1.165, 1.54) is 0 Å². The van der Waals surface area contributed by atoms with Crippen molar-refractivity contribution in [1.82, 2.24) is 8.75 Å². The Morgan fingerprint density at radius 3 is 2.77 bits per heavy atom. The van der Waals surface area contributed by atoms with Crippen molar-refractivity contribution in [2.24, 2.45) is 0 Å². The number of benzene rings is 2. The predicted molar refractivity (Wildman–Crippen MR) is 104 cm³/mol. The van der Waals surface area contributed by atoms with Gasteiger partial charge in [0, 0.05) is 10.6 Å². The van der Waals surface area contributed by atoms with E-state index in [9.17, 15) is 4.79 Å². The van der Waals surface area contributed by atoms with Gasteiger partial charge in [-0.25, -0.2) is 0 Å². The largest absolute Gasteiger partial charge is 0.451 e. The first-order chi connectivity index (χ1) is 12.5. The van der Waals surface area contributed by atoms with Crippen molar-refractivity contribution < 1.29 is 9.21 Å². The van der Waals surface area contributed by atoms with Crippen molar-refractivity contribution in [3.05, 3.63) is 63.8 Å². The lowest BCUT2D eigenvalue weighted by Gasteiger charge is -2.07. The van der Waals surface area contributed by atoms with Crippen LogP contribution >= 0.6 is 34.9 Å². The molecule has 0 aliphatic rings. The summed E-state index contributed by atoms with van der Waals surface area (Å²) in [6, 6.07) is 12.1. The number of halogens is 2. The number of rotatable bonds is 3. The Hall–Kier alpha value is -2.41. The van der Waals surface area contributed by atoms with E-state index in [4.69, 9.17) is 27.6 Å². The summed E-state index contributed by atoms with van der Waals surface area (Å²) >= 11 is 13.2. The molecule has 0 saturated carbocycles. The highest BCUT2D eigenvalue weighted by atomic mass is 35.5. The number of hydrogen-bond acceptors (Lipinski definition) is 5. The second-order valence-corrected chi connectivity index (χ2v) is 7.00. The highest BCUT2D eigenvalue weighted by Gasteiger charge is 2.17. The molecule has 1 N–H and O–H groups in total. The summed E-state index contributed by atoms with van der Waals surface area (Å²) in [4.78, 5) is 12.6. The maximum absolute atomic E-state index is 12.6. The van der Waals surface area contributed by atoms with E-state index < -0.39 is 0 Å². The van der Waals surface area contributed by atoms with Crippen LogP contribution in [0.4, 0.5) is 5.69 Å². The van der Waals surface area contributed by atoms with E-state index in [0.717, 1.165) is 22.8 Å². The van der Waals surface area contributed by atoms with Gasteiger partial charge >= 0.3 is 0 Å². The van der Waals surface area contributed by atoms with Crippen LogP contribution < -0.4 is 5.32 Å². The average molecular weight is 404 g/mol. The molecule has 0 radical (unpaired) electrons. The minimum Gasteiger partial charge on any atom is -0.451 e. The Morgan fingerprint density at radius 2 is 1.96 bits per heavy atom. The van der Waals surface area contributed by atoms with Gasteiger partial charge in [0.05, 0.1) is 22.4 Å². The summed E-state index contributed by atoms with van der Waals surface area (Å²) in [5.41, 5.74) is 3.59. The Bertz CT molecular complexity index is 1140. The topological polar surface area (TPSA) is 68.0 Å². The van der Waals surface area contributed by atoms with Crippen molar-refractivity contribution in [2.75, 3.05) is 5.32 Å². The van der Waals surface area contributed by atoms with Crippen LogP contribution in [0, 0.1) is 6.92 Å². The Morgan fingerprint density at radius 1 is 1.12 bits per heavy atom. The summed E-state index contributed by atoms with van der Waals surface area (Å²) in [6.07, 6.45) is 0. The molecule has 0 atom stereocenters. The number of anilines is 1. The first-order valence-corrected chi connectivity index (χ1v) is 9.10. The number of fused-ring (bicyclic) bond motifs is 1. The van der Waals surface area contributed by atoms with Gasteiger partial charge < -0.3 is 9.73 Å². The molecule has 0 fully saturated rings. The van der Waals surface area contributed by atoms with Gasteiger partial charge in [-0.1, -0.05) is 29.3 Å². The van der Waals surface area contributed by atoms with Crippen LogP contribution in [0.2, 0.25) is 10.0 Å². The third-order valence-electron chi connectivity index (χ3n) is 3.90. The summed E-state index contributed by atoms with van der Waals surface area (Å²) in [6.45, 7) is 1.90. The zero-order chi connectivity index (χ0) is 18.3. The second kappa shape index (κ2) is 6.72. The molecular formula is C18H11Cl2N3O2S. The summed E-state index contributed by atoms with van der Waals surface area (Å²) in [5.74, 6) is 0.289. The van der Waals surface area contributed by atoms with Crippen LogP contribution in [0.1, 0.15) is 16.1 Å². The minimum atomic E-state index is -0.370. The van der Waals surface area contributed by atoms with Crippen LogP contribution in [0.3, 0.4) is 0 Å². The fraction of sp³-hybridized carbons (Fsp3) is 0.0556. The lowest BCUT2D eigenvalue weighted by atomic mass is 10.1. The molecule has 0 aliphatic heterocycles. The van der Waals surface area contributed by atoms with Crippen LogP contribution in [0.25, 0.3) is 22.4 Å². The van der Waals surface area contributed by atoms with E-state index >= 15 is 0 Å². The minimum absolute atomic E-state index is 0.172. The third-order valence-corrected chi connectivity index (χ3v) is 4.99. The molecule has 0 saturated heterocycles. The van der Waals surface area contributed by atoms with E-state index in [1.807, 2.05) is 19.1 Å². The number of aryl methyl sites for hydroxylation is 1. The molecule has 26 heavy (non-hydrogen) atoms. The first-order valence-electron chi connectivity index (χ1n) is 7.61. The van der Waals surface area contributed by atoms with Crippen LogP contribution in [0.15, 0.2) is 46.9 Å². The molecule has 1 amide bonds. The average Bonchev–Trinajstić information content (AvgIpc) is 3.26. The molecule has 5 nitrogen and oxygen atoms in total. The summed E-state index contributed by atoms with van der Waals surface area (Å²) in [5, 5.41) is 3.84. The molecule has 0 spiro atoms. The number of hydrogen-bond donors (Lipinski definition) is 1. The molecule has 130 valence electrons. The van der Waals surface area contributed by atoms with Crippen LogP contribution in [0.5, 0.6) is 0 Å². The van der Waals surface area contributed by atoms with Gasteiger partial charge in [0.15, 0.2) is 5.76 Å². The van der Waals surface area contributed by atoms with Crippen LogP contribution in [-0.4, -0.2) is 14.7 Å². The quantitative estimate of drug-likeness (QED) is 0.467. The van der Waals surface area contributed by atoms with Gasteiger partial charge in [0.25, 0.3) is 5.91 Å².